The van der Waals surface area contributed by atoms with Crippen LogP contribution in [0.4, 0.5) is 0 Å². The number of carbonyl (C=O) groups is 2. The van der Waals surface area contributed by atoms with Crippen LogP contribution in [-0.2, 0) is 10.0 Å². The van der Waals surface area contributed by atoms with E-state index in [0.717, 1.165) is 10.8 Å². The molecule has 164 valence electrons. The molecule has 1 N–H and O–H groups in total. The van der Waals surface area contributed by atoms with Crippen LogP contribution in [0.2, 0.25) is 0 Å². The predicted molar refractivity (Wildman–Crippen MR) is 120 cm³/mol. The van der Waals surface area contributed by atoms with Crippen LogP contribution in [0.25, 0.3) is 10.8 Å². The van der Waals surface area contributed by atoms with Crippen molar-refractivity contribution in [3.05, 3.63) is 77.9 Å². The van der Waals surface area contributed by atoms with E-state index in [9.17, 15) is 18.0 Å². The Morgan fingerprint density at radius 3 is 1.97 bits per heavy atom. The SMILES string of the molecule is O=C1c2cccc3cccc(c23)C(=O)N1CC[NH+]1CCN(S(=O)(=O)c2ccccc2)CC1. The maximum atomic E-state index is 13.0. The summed E-state index contributed by atoms with van der Waals surface area (Å²) in [6.07, 6.45) is 0. The minimum atomic E-state index is -3.49. The number of rotatable bonds is 5. The van der Waals surface area contributed by atoms with Crippen molar-refractivity contribution in [2.24, 2.45) is 0 Å². The van der Waals surface area contributed by atoms with E-state index in [4.69, 9.17) is 0 Å². The van der Waals surface area contributed by atoms with Gasteiger partial charge in [-0.15, -0.1) is 0 Å². The summed E-state index contributed by atoms with van der Waals surface area (Å²) in [5.74, 6) is -0.520. The lowest BCUT2D eigenvalue weighted by Gasteiger charge is -2.33. The fourth-order valence-electron chi connectivity index (χ4n) is 4.59. The van der Waals surface area contributed by atoms with E-state index < -0.39 is 10.0 Å². The third-order valence-electron chi connectivity index (χ3n) is 6.36. The number of piperazine rings is 1. The number of sulfonamides is 1. The van der Waals surface area contributed by atoms with Crippen LogP contribution in [0.15, 0.2) is 71.6 Å². The van der Waals surface area contributed by atoms with Crippen molar-refractivity contribution in [2.75, 3.05) is 39.3 Å². The lowest BCUT2D eigenvalue weighted by atomic mass is 9.94. The molecule has 0 radical (unpaired) electrons. The van der Waals surface area contributed by atoms with Crippen molar-refractivity contribution in [1.29, 1.82) is 0 Å². The molecular weight excluding hydrogens is 426 g/mol. The number of quaternary nitrogens is 1. The molecule has 0 aromatic heterocycles. The Morgan fingerprint density at radius 1 is 0.781 bits per heavy atom. The summed E-state index contributed by atoms with van der Waals surface area (Å²) < 4.78 is 27.1. The molecule has 3 aromatic rings. The van der Waals surface area contributed by atoms with E-state index in [1.807, 2.05) is 24.3 Å². The van der Waals surface area contributed by atoms with Gasteiger partial charge in [-0.25, -0.2) is 8.42 Å². The molecule has 0 spiro atoms. The van der Waals surface area contributed by atoms with Gasteiger partial charge in [-0.3, -0.25) is 14.5 Å². The molecule has 2 aliphatic rings. The monoisotopic (exact) mass is 450 g/mol. The fraction of sp³-hybridized carbons (Fsp3) is 0.250. The molecule has 0 atom stereocenters. The molecule has 0 bridgehead atoms. The van der Waals surface area contributed by atoms with E-state index >= 15 is 0 Å². The third-order valence-corrected chi connectivity index (χ3v) is 8.27. The zero-order chi connectivity index (χ0) is 22.3. The fourth-order valence-corrected chi connectivity index (χ4v) is 6.05. The van der Waals surface area contributed by atoms with Gasteiger partial charge in [0.2, 0.25) is 10.0 Å². The minimum absolute atomic E-state index is 0.260. The van der Waals surface area contributed by atoms with E-state index in [-0.39, 0.29) is 11.8 Å². The molecule has 2 heterocycles. The number of nitrogens with zero attached hydrogens (tertiary/aromatic N) is 2. The Labute approximate surface area is 186 Å². The quantitative estimate of drug-likeness (QED) is 0.589. The summed E-state index contributed by atoms with van der Waals surface area (Å²) in [6.45, 7) is 2.99. The van der Waals surface area contributed by atoms with Gasteiger partial charge < -0.3 is 4.90 Å². The first-order valence-corrected chi connectivity index (χ1v) is 12.2. The van der Waals surface area contributed by atoms with Crippen LogP contribution in [0.1, 0.15) is 20.7 Å². The van der Waals surface area contributed by atoms with Gasteiger partial charge in [0.1, 0.15) is 0 Å². The highest BCUT2D eigenvalue weighted by Crippen LogP contribution is 2.29. The Morgan fingerprint density at radius 2 is 1.38 bits per heavy atom. The van der Waals surface area contributed by atoms with E-state index in [1.54, 1.807) is 42.5 Å². The second-order valence-corrected chi connectivity index (χ2v) is 10.1. The molecule has 5 rings (SSSR count). The molecule has 0 aliphatic carbocycles. The molecule has 2 aliphatic heterocycles. The first-order valence-electron chi connectivity index (χ1n) is 10.7. The summed E-state index contributed by atoms with van der Waals surface area (Å²) in [4.78, 5) is 28.9. The highest BCUT2D eigenvalue weighted by Gasteiger charge is 2.34. The average Bonchev–Trinajstić information content (AvgIpc) is 2.83. The molecule has 0 unspecified atom stereocenters. The van der Waals surface area contributed by atoms with Gasteiger partial charge in [0.05, 0.1) is 44.2 Å². The minimum Gasteiger partial charge on any atom is -0.331 e. The maximum absolute atomic E-state index is 13.0. The van der Waals surface area contributed by atoms with Crippen LogP contribution in [-0.4, -0.2) is 68.7 Å². The van der Waals surface area contributed by atoms with Crippen LogP contribution in [0, 0.1) is 0 Å². The number of imide groups is 1. The van der Waals surface area contributed by atoms with Crippen molar-refractivity contribution in [3.63, 3.8) is 0 Å². The summed E-state index contributed by atoms with van der Waals surface area (Å²) in [5, 5.41) is 1.62. The molecule has 1 saturated heterocycles. The summed E-state index contributed by atoms with van der Waals surface area (Å²) in [5.41, 5.74) is 1.12. The molecule has 1 fully saturated rings. The van der Waals surface area contributed by atoms with Gasteiger partial charge in [-0.1, -0.05) is 42.5 Å². The first kappa shape index (κ1) is 20.8. The molecule has 2 amide bonds. The maximum Gasteiger partial charge on any atom is 0.261 e. The largest absolute Gasteiger partial charge is 0.331 e. The molecule has 7 nitrogen and oxygen atoms in total. The lowest BCUT2D eigenvalue weighted by Crippen LogP contribution is -3.15. The van der Waals surface area contributed by atoms with Crippen molar-refractivity contribution in [3.8, 4) is 0 Å². The van der Waals surface area contributed by atoms with Gasteiger partial charge >= 0.3 is 0 Å². The number of amides is 2. The first-order chi connectivity index (χ1) is 15.5. The average molecular weight is 451 g/mol. The molecule has 3 aromatic carbocycles. The Bertz CT molecular complexity index is 1250. The predicted octanol–water partition coefficient (Wildman–Crippen LogP) is 1.03. The number of hydrogen-bond acceptors (Lipinski definition) is 4. The zero-order valence-corrected chi connectivity index (χ0v) is 18.3. The number of nitrogens with one attached hydrogen (secondary N) is 1. The Hall–Kier alpha value is -3.07. The lowest BCUT2D eigenvalue weighted by molar-refractivity contribution is -0.902. The van der Waals surface area contributed by atoms with Gasteiger partial charge in [0.25, 0.3) is 11.8 Å². The van der Waals surface area contributed by atoms with Gasteiger partial charge in [0, 0.05) is 16.5 Å². The van der Waals surface area contributed by atoms with Crippen molar-refractivity contribution < 1.29 is 22.9 Å². The van der Waals surface area contributed by atoms with Crippen molar-refractivity contribution in [1.82, 2.24) is 9.21 Å². The Kier molecular flexibility index (Phi) is 5.28. The normalized spacial score (nSPS) is 17.8. The van der Waals surface area contributed by atoms with Gasteiger partial charge in [0.15, 0.2) is 0 Å². The number of carbonyl (C=O) groups excluding carboxylic acids is 2. The summed E-state index contributed by atoms with van der Waals surface area (Å²) in [7, 11) is -3.49. The van der Waals surface area contributed by atoms with E-state index in [0.29, 0.717) is 55.3 Å². The number of hydrogen-bond donors (Lipinski definition) is 1. The van der Waals surface area contributed by atoms with Crippen LogP contribution in [0.5, 0.6) is 0 Å². The van der Waals surface area contributed by atoms with E-state index in [2.05, 4.69) is 0 Å². The van der Waals surface area contributed by atoms with Gasteiger partial charge in [-0.2, -0.15) is 4.31 Å². The topological polar surface area (TPSA) is 79.2 Å². The standard InChI is InChI=1S/C24H23N3O4S/c28-23-20-10-4-6-18-7-5-11-21(22(18)20)24(29)27(23)17-14-25-12-15-26(16-13-25)32(30,31)19-8-2-1-3-9-19/h1-11H,12-17H2/p+1. The van der Waals surface area contributed by atoms with E-state index in [1.165, 1.54) is 14.1 Å². The summed E-state index contributed by atoms with van der Waals surface area (Å²) >= 11 is 0. The summed E-state index contributed by atoms with van der Waals surface area (Å²) in [6, 6.07) is 19.5. The molecular formula is C24H24N3O4S+. The Balaban J connectivity index is 1.25. The smallest absolute Gasteiger partial charge is 0.261 e. The van der Waals surface area contributed by atoms with Crippen LogP contribution >= 0.6 is 0 Å². The van der Waals surface area contributed by atoms with Crippen LogP contribution in [0.3, 0.4) is 0 Å². The van der Waals surface area contributed by atoms with Gasteiger partial charge in [-0.05, 0) is 29.7 Å². The second-order valence-electron chi connectivity index (χ2n) is 8.19. The number of benzene rings is 3. The molecule has 0 saturated carbocycles. The highest BCUT2D eigenvalue weighted by molar-refractivity contribution is 7.89. The highest BCUT2D eigenvalue weighted by atomic mass is 32.2. The zero-order valence-electron chi connectivity index (χ0n) is 17.5. The second kappa shape index (κ2) is 8.12. The molecule has 8 heteroatoms. The van der Waals surface area contributed by atoms with Crippen molar-refractivity contribution >= 4 is 32.6 Å². The van der Waals surface area contributed by atoms with Crippen LogP contribution < -0.4 is 4.90 Å². The third kappa shape index (κ3) is 3.50. The van der Waals surface area contributed by atoms with Crippen molar-refractivity contribution in [2.45, 2.75) is 4.90 Å². The molecule has 32 heavy (non-hydrogen) atoms.